The first-order valence-electron chi connectivity index (χ1n) is 4.84. The summed E-state index contributed by atoms with van der Waals surface area (Å²) in [5.74, 6) is 0. The number of likely N-dealkylation sites (N-methyl/N-ethyl adjacent to an activating group) is 1. The second kappa shape index (κ2) is 5.49. The maximum Gasteiger partial charge on any atom is 0.101 e. The summed E-state index contributed by atoms with van der Waals surface area (Å²) in [6.07, 6.45) is 1.95. The van der Waals surface area contributed by atoms with Crippen LogP contribution in [0.15, 0.2) is 0 Å². The Morgan fingerprint density at radius 3 is 3.00 bits per heavy atom. The zero-order valence-corrected chi connectivity index (χ0v) is 7.85. The van der Waals surface area contributed by atoms with E-state index in [1.807, 2.05) is 7.05 Å². The summed E-state index contributed by atoms with van der Waals surface area (Å²) in [7, 11) is 1.95. The minimum Gasteiger partial charge on any atom is -0.318 e. The first-order chi connectivity index (χ1) is 5.83. The molecule has 1 unspecified atom stereocenters. The van der Waals surface area contributed by atoms with Gasteiger partial charge in [0.25, 0.3) is 0 Å². The Hall–Kier alpha value is -0.150. The highest BCUT2D eigenvalue weighted by Gasteiger charge is 2.14. The Bertz CT molecular complexity index is 117. The summed E-state index contributed by atoms with van der Waals surface area (Å²) in [4.78, 5) is 2.34. The molecular weight excluding hydrogens is 155 g/mol. The van der Waals surface area contributed by atoms with Crippen molar-refractivity contribution in [2.24, 2.45) is 0 Å². The van der Waals surface area contributed by atoms with Gasteiger partial charge in [-0.25, -0.2) is 4.39 Å². The van der Waals surface area contributed by atoms with E-state index in [0.29, 0.717) is 0 Å². The smallest absolute Gasteiger partial charge is 0.101 e. The second-order valence-electron chi connectivity index (χ2n) is 3.47. The number of hydrogen-bond donors (Lipinski definition) is 1. The average molecular weight is 174 g/mol. The van der Waals surface area contributed by atoms with Gasteiger partial charge in [0.1, 0.15) is 6.17 Å². The van der Waals surface area contributed by atoms with E-state index >= 15 is 0 Å². The van der Waals surface area contributed by atoms with Crippen LogP contribution in [0.2, 0.25) is 0 Å². The quantitative estimate of drug-likeness (QED) is 0.687. The Morgan fingerprint density at radius 2 is 2.25 bits per heavy atom. The molecule has 3 heteroatoms. The van der Waals surface area contributed by atoms with Crippen molar-refractivity contribution in [2.45, 2.75) is 25.4 Å². The summed E-state index contributed by atoms with van der Waals surface area (Å²) in [5.41, 5.74) is 0. The molecule has 0 aromatic heterocycles. The van der Waals surface area contributed by atoms with Crippen molar-refractivity contribution in [2.75, 3.05) is 33.2 Å². The molecule has 0 amide bonds. The van der Waals surface area contributed by atoms with Crippen LogP contribution in [0.1, 0.15) is 19.3 Å². The normalized spacial score (nSPS) is 27.0. The van der Waals surface area contributed by atoms with Crippen LogP contribution in [-0.4, -0.2) is 44.3 Å². The number of nitrogens with zero attached hydrogens (tertiary/aromatic N) is 1. The Balaban J connectivity index is 2.17. The van der Waals surface area contributed by atoms with Crippen LogP contribution >= 0.6 is 0 Å². The lowest BCUT2D eigenvalue weighted by atomic mass is 10.2. The lowest BCUT2D eigenvalue weighted by molar-refractivity contribution is 0.264. The highest BCUT2D eigenvalue weighted by atomic mass is 19.1. The maximum absolute atomic E-state index is 12.9. The van der Waals surface area contributed by atoms with Crippen LogP contribution in [0.3, 0.4) is 0 Å². The lowest BCUT2D eigenvalue weighted by Gasteiger charge is -2.18. The van der Waals surface area contributed by atoms with Gasteiger partial charge in [0, 0.05) is 19.6 Å². The molecule has 0 aromatic rings. The number of rotatable bonds is 3. The minimum absolute atomic E-state index is 0.551. The molecule has 2 nitrogen and oxygen atoms in total. The van der Waals surface area contributed by atoms with Gasteiger partial charge in [-0.2, -0.15) is 0 Å². The number of nitrogens with one attached hydrogen (secondary N) is 1. The summed E-state index contributed by atoms with van der Waals surface area (Å²) >= 11 is 0. The third-order valence-electron chi connectivity index (χ3n) is 2.43. The van der Waals surface area contributed by atoms with Crippen molar-refractivity contribution in [1.29, 1.82) is 0 Å². The summed E-state index contributed by atoms with van der Waals surface area (Å²) in [6, 6.07) is 0. The fourth-order valence-electron chi connectivity index (χ4n) is 1.61. The molecule has 0 radical (unpaired) electrons. The van der Waals surface area contributed by atoms with E-state index in [4.69, 9.17) is 0 Å². The van der Waals surface area contributed by atoms with Crippen LogP contribution in [0.25, 0.3) is 0 Å². The van der Waals surface area contributed by atoms with Crippen molar-refractivity contribution in [3.05, 3.63) is 0 Å². The summed E-state index contributed by atoms with van der Waals surface area (Å²) in [5, 5.41) is 3.11. The number of hydrogen-bond acceptors (Lipinski definition) is 2. The molecule has 0 aromatic carbocycles. The van der Waals surface area contributed by atoms with Crippen molar-refractivity contribution in [1.82, 2.24) is 10.2 Å². The monoisotopic (exact) mass is 174 g/mol. The predicted octanol–water partition coefficient (Wildman–Crippen LogP) is 1.03. The van der Waals surface area contributed by atoms with Crippen LogP contribution in [-0.2, 0) is 0 Å². The minimum atomic E-state index is -0.551. The van der Waals surface area contributed by atoms with E-state index in [0.717, 1.165) is 45.4 Å². The molecule has 0 spiro atoms. The molecule has 1 aliphatic heterocycles. The third-order valence-corrected chi connectivity index (χ3v) is 2.43. The second-order valence-corrected chi connectivity index (χ2v) is 3.47. The predicted molar refractivity (Wildman–Crippen MR) is 49.1 cm³/mol. The van der Waals surface area contributed by atoms with Crippen molar-refractivity contribution in [3.8, 4) is 0 Å². The van der Waals surface area contributed by atoms with Gasteiger partial charge in [-0.05, 0) is 32.9 Å². The van der Waals surface area contributed by atoms with Crippen molar-refractivity contribution in [3.63, 3.8) is 0 Å². The lowest BCUT2D eigenvalue weighted by Crippen LogP contribution is -2.31. The first kappa shape index (κ1) is 9.93. The maximum atomic E-state index is 12.9. The zero-order chi connectivity index (χ0) is 8.81. The van der Waals surface area contributed by atoms with Gasteiger partial charge in [0.2, 0.25) is 0 Å². The Labute approximate surface area is 74.1 Å². The molecule has 1 heterocycles. The van der Waals surface area contributed by atoms with E-state index in [9.17, 15) is 4.39 Å². The fourth-order valence-corrected chi connectivity index (χ4v) is 1.61. The summed E-state index contributed by atoms with van der Waals surface area (Å²) in [6.45, 7) is 4.07. The number of alkyl halides is 1. The molecule has 1 fully saturated rings. The molecule has 0 saturated carbocycles. The van der Waals surface area contributed by atoms with E-state index in [1.54, 1.807) is 0 Å². The average Bonchev–Trinajstić information content (AvgIpc) is 2.27. The van der Waals surface area contributed by atoms with Gasteiger partial charge in [-0.3, -0.25) is 0 Å². The van der Waals surface area contributed by atoms with E-state index < -0.39 is 6.17 Å². The number of likely N-dealkylation sites (tertiary alicyclic amines) is 1. The van der Waals surface area contributed by atoms with Gasteiger partial charge in [0.15, 0.2) is 0 Å². The molecular formula is C9H19FN2. The topological polar surface area (TPSA) is 15.3 Å². The van der Waals surface area contributed by atoms with Crippen LogP contribution in [0, 0.1) is 0 Å². The summed E-state index contributed by atoms with van der Waals surface area (Å²) < 4.78 is 12.9. The molecule has 1 rings (SSSR count). The molecule has 72 valence electrons. The zero-order valence-electron chi connectivity index (χ0n) is 7.85. The molecule has 1 N–H and O–H groups in total. The van der Waals surface area contributed by atoms with E-state index in [1.165, 1.54) is 0 Å². The molecule has 12 heavy (non-hydrogen) atoms. The van der Waals surface area contributed by atoms with Crippen LogP contribution in [0.5, 0.6) is 0 Å². The fraction of sp³-hybridized carbons (Fsp3) is 1.00. The Morgan fingerprint density at radius 1 is 1.42 bits per heavy atom. The molecule has 1 saturated heterocycles. The first-order valence-corrected chi connectivity index (χ1v) is 4.84. The van der Waals surface area contributed by atoms with Gasteiger partial charge in [0.05, 0.1) is 0 Å². The highest BCUT2D eigenvalue weighted by molar-refractivity contribution is 4.69. The van der Waals surface area contributed by atoms with Crippen LogP contribution in [0.4, 0.5) is 4.39 Å². The molecule has 0 aliphatic carbocycles. The van der Waals surface area contributed by atoms with Gasteiger partial charge >= 0.3 is 0 Å². The van der Waals surface area contributed by atoms with Crippen LogP contribution < -0.4 is 5.32 Å². The van der Waals surface area contributed by atoms with Gasteiger partial charge in [-0.15, -0.1) is 0 Å². The third kappa shape index (κ3) is 3.50. The molecule has 1 aliphatic rings. The van der Waals surface area contributed by atoms with Crippen molar-refractivity contribution < 1.29 is 4.39 Å². The molecule has 1 atom stereocenters. The van der Waals surface area contributed by atoms with Crippen molar-refractivity contribution >= 4 is 0 Å². The standard InChI is InChI=1S/C9H19FN2/c1-11-5-8-12-6-2-3-9(10)4-7-12/h9,11H,2-8H2,1H3. The van der Waals surface area contributed by atoms with E-state index in [-0.39, 0.29) is 0 Å². The Kier molecular flexibility index (Phi) is 4.54. The number of halogens is 1. The highest BCUT2D eigenvalue weighted by Crippen LogP contribution is 2.12. The van der Waals surface area contributed by atoms with Gasteiger partial charge < -0.3 is 10.2 Å². The van der Waals surface area contributed by atoms with Gasteiger partial charge in [-0.1, -0.05) is 0 Å². The van der Waals surface area contributed by atoms with E-state index in [2.05, 4.69) is 10.2 Å². The molecule has 0 bridgehead atoms. The SMILES string of the molecule is CNCCN1CCCC(F)CC1. The largest absolute Gasteiger partial charge is 0.318 e.